The third kappa shape index (κ3) is 1.69. The van der Waals surface area contributed by atoms with E-state index in [4.69, 9.17) is 5.73 Å². The van der Waals surface area contributed by atoms with Gasteiger partial charge in [0.25, 0.3) is 5.56 Å². The van der Waals surface area contributed by atoms with Gasteiger partial charge in [-0.25, -0.2) is 9.37 Å². The highest BCUT2D eigenvalue weighted by Crippen LogP contribution is 2.48. The number of alkyl halides is 1. The smallest absolute Gasteiger partial charge is 0.280 e. The predicted molar refractivity (Wildman–Crippen MR) is 77.0 cm³/mol. The third-order valence-corrected chi connectivity index (χ3v) is 3.98. The number of H-pyrrole nitrogens is 1. The lowest BCUT2D eigenvalue weighted by Crippen LogP contribution is -2.35. The molecule has 8 nitrogen and oxygen atoms in total. The fourth-order valence-corrected chi connectivity index (χ4v) is 2.80. The number of aromatic amines is 1. The zero-order valence-electron chi connectivity index (χ0n) is 11.5. The molecule has 0 aliphatic heterocycles. The Balaban J connectivity index is 2.16. The van der Waals surface area contributed by atoms with Gasteiger partial charge in [-0.15, -0.1) is 0 Å². The van der Waals surface area contributed by atoms with Gasteiger partial charge in [-0.1, -0.05) is 13.2 Å². The molecule has 0 aromatic carbocycles. The molecule has 1 saturated carbocycles. The summed E-state index contributed by atoms with van der Waals surface area (Å²) in [6.07, 6.45) is -0.297. The Hall–Kier alpha value is -2.68. The lowest BCUT2D eigenvalue weighted by atomic mass is 9.96. The minimum Gasteiger partial charge on any atom is -0.509 e. The Labute approximate surface area is 123 Å². The molecule has 2 aromatic heterocycles. The molecule has 3 atom stereocenters. The van der Waals surface area contributed by atoms with Crippen molar-refractivity contribution in [1.82, 2.24) is 19.5 Å². The number of nitrogens with one attached hydrogen (secondary N) is 1. The van der Waals surface area contributed by atoms with Gasteiger partial charge in [-0.2, -0.15) is 4.98 Å². The fraction of sp³-hybridized carbons (Fsp3) is 0.308. The van der Waals surface area contributed by atoms with Gasteiger partial charge in [0.2, 0.25) is 11.6 Å². The Morgan fingerprint density at radius 1 is 1.64 bits per heavy atom. The molecule has 1 aliphatic carbocycles. The summed E-state index contributed by atoms with van der Waals surface area (Å²) >= 11 is 0. The van der Waals surface area contributed by atoms with Gasteiger partial charge in [0, 0.05) is 6.42 Å². The molecule has 3 rings (SSSR count). The Kier molecular flexibility index (Phi) is 2.86. The quantitative estimate of drug-likeness (QED) is 0.467. The second-order valence-corrected chi connectivity index (χ2v) is 5.23. The van der Waals surface area contributed by atoms with Crippen LogP contribution < -0.4 is 11.3 Å². The van der Waals surface area contributed by atoms with E-state index in [1.165, 1.54) is 10.9 Å². The fourth-order valence-electron chi connectivity index (χ4n) is 2.80. The van der Waals surface area contributed by atoms with Gasteiger partial charge in [-0.05, 0) is 5.57 Å². The van der Waals surface area contributed by atoms with Gasteiger partial charge in [0.15, 0.2) is 11.2 Å². The maximum atomic E-state index is 14.8. The number of rotatable bonds is 2. The summed E-state index contributed by atoms with van der Waals surface area (Å²) in [6.45, 7) is 6.78. The molecule has 116 valence electrons. The van der Waals surface area contributed by atoms with Crippen molar-refractivity contribution in [2.75, 3.05) is 5.73 Å². The highest BCUT2D eigenvalue weighted by atomic mass is 19.1. The minimum atomic E-state index is -2.52. The van der Waals surface area contributed by atoms with E-state index in [1.54, 1.807) is 0 Å². The number of hydrogen-bond acceptors (Lipinski definition) is 6. The van der Waals surface area contributed by atoms with Crippen LogP contribution in [0.4, 0.5) is 10.3 Å². The standard InChI is InChI=1S/C13H14FN5O3/c1-5-7(3-8(21)13(5,14)6(2)20)19-4-16-9-10(19)17-12(15)18-11(9)22/h4,7-8,20-21H,1-3H2,(H3,15,17,18,22)/t7?,8-,13+/m0/s1. The molecule has 9 heteroatoms. The number of nitrogens with zero attached hydrogens (tertiary/aromatic N) is 3. The number of aromatic nitrogens is 4. The van der Waals surface area contributed by atoms with Crippen LogP contribution in [0.2, 0.25) is 0 Å². The van der Waals surface area contributed by atoms with Crippen molar-refractivity contribution in [1.29, 1.82) is 0 Å². The molecule has 1 aliphatic rings. The Bertz CT molecular complexity index is 857. The first-order chi connectivity index (χ1) is 10.3. The van der Waals surface area contributed by atoms with Crippen LogP contribution in [-0.4, -0.2) is 41.5 Å². The van der Waals surface area contributed by atoms with Crippen LogP contribution in [0, 0.1) is 0 Å². The number of fused-ring (bicyclic) bond motifs is 1. The normalized spacial score (nSPS) is 28.4. The maximum Gasteiger partial charge on any atom is 0.280 e. The average molecular weight is 307 g/mol. The molecule has 5 N–H and O–H groups in total. The van der Waals surface area contributed by atoms with Gasteiger partial charge in [0.05, 0.1) is 12.4 Å². The monoisotopic (exact) mass is 307 g/mol. The molecule has 0 saturated heterocycles. The Morgan fingerprint density at radius 3 is 2.91 bits per heavy atom. The second-order valence-electron chi connectivity index (χ2n) is 5.23. The minimum absolute atomic E-state index is 0.0377. The van der Waals surface area contributed by atoms with Crippen molar-refractivity contribution in [2.45, 2.75) is 24.2 Å². The van der Waals surface area contributed by atoms with Crippen LogP contribution >= 0.6 is 0 Å². The lowest BCUT2D eigenvalue weighted by molar-refractivity contribution is 0.0349. The first-order valence-electron chi connectivity index (χ1n) is 6.43. The summed E-state index contributed by atoms with van der Waals surface area (Å²) in [6, 6.07) is -0.748. The molecule has 2 aromatic rings. The summed E-state index contributed by atoms with van der Waals surface area (Å²) in [4.78, 5) is 22.0. The van der Waals surface area contributed by atoms with Gasteiger partial charge < -0.3 is 20.5 Å². The topological polar surface area (TPSA) is 130 Å². The van der Waals surface area contributed by atoms with Crippen molar-refractivity contribution in [3.8, 4) is 0 Å². The van der Waals surface area contributed by atoms with Crippen LogP contribution in [0.5, 0.6) is 0 Å². The third-order valence-electron chi connectivity index (χ3n) is 3.98. The highest BCUT2D eigenvalue weighted by Gasteiger charge is 2.54. The molecular weight excluding hydrogens is 293 g/mol. The van der Waals surface area contributed by atoms with Crippen molar-refractivity contribution < 1.29 is 14.6 Å². The summed E-state index contributed by atoms with van der Waals surface area (Å²) in [5.74, 6) is -0.927. The van der Waals surface area contributed by atoms with E-state index in [0.29, 0.717) is 0 Å². The number of nitrogen functional groups attached to an aromatic ring is 1. The van der Waals surface area contributed by atoms with Crippen molar-refractivity contribution >= 4 is 17.1 Å². The molecule has 1 unspecified atom stereocenters. The SMILES string of the molecule is C=C(O)[C@]1(F)C(=C)C(n2cnc3c(=O)[nH]c(N)nc32)C[C@@H]1O. The number of halogens is 1. The van der Waals surface area contributed by atoms with E-state index in [1.807, 2.05) is 0 Å². The van der Waals surface area contributed by atoms with Crippen LogP contribution in [-0.2, 0) is 0 Å². The van der Waals surface area contributed by atoms with E-state index < -0.39 is 29.1 Å². The van der Waals surface area contributed by atoms with E-state index in [9.17, 15) is 19.4 Å². The van der Waals surface area contributed by atoms with E-state index >= 15 is 0 Å². The highest BCUT2D eigenvalue weighted by molar-refractivity contribution is 5.71. The van der Waals surface area contributed by atoms with Crippen LogP contribution in [0.25, 0.3) is 11.2 Å². The lowest BCUT2D eigenvalue weighted by Gasteiger charge is -2.24. The molecule has 2 heterocycles. The van der Waals surface area contributed by atoms with E-state index in [-0.39, 0.29) is 29.1 Å². The van der Waals surface area contributed by atoms with Gasteiger partial charge >= 0.3 is 0 Å². The van der Waals surface area contributed by atoms with Crippen molar-refractivity contribution in [2.24, 2.45) is 0 Å². The number of aliphatic hydroxyl groups excluding tert-OH is 2. The zero-order valence-corrected chi connectivity index (χ0v) is 11.5. The molecule has 0 radical (unpaired) electrons. The molecule has 0 spiro atoms. The van der Waals surface area contributed by atoms with Crippen LogP contribution in [0.15, 0.2) is 35.6 Å². The van der Waals surface area contributed by atoms with E-state index in [2.05, 4.69) is 28.1 Å². The molecule has 1 fully saturated rings. The number of hydrogen-bond donors (Lipinski definition) is 4. The molecule has 0 bridgehead atoms. The number of imidazole rings is 1. The summed E-state index contributed by atoms with van der Waals surface area (Å²) in [5.41, 5.74) is 2.56. The van der Waals surface area contributed by atoms with Crippen molar-refractivity contribution in [3.05, 3.63) is 41.2 Å². The summed E-state index contributed by atoms with van der Waals surface area (Å²) in [5, 5.41) is 19.4. The van der Waals surface area contributed by atoms with Gasteiger partial charge in [-0.3, -0.25) is 9.78 Å². The largest absolute Gasteiger partial charge is 0.509 e. The zero-order chi connectivity index (χ0) is 16.2. The average Bonchev–Trinajstić information content (AvgIpc) is 2.94. The summed E-state index contributed by atoms with van der Waals surface area (Å²) in [7, 11) is 0. The summed E-state index contributed by atoms with van der Waals surface area (Å²) < 4.78 is 16.2. The first-order valence-corrected chi connectivity index (χ1v) is 6.43. The van der Waals surface area contributed by atoms with Crippen LogP contribution in [0.1, 0.15) is 12.5 Å². The number of aliphatic hydroxyl groups is 2. The van der Waals surface area contributed by atoms with E-state index in [0.717, 1.165) is 0 Å². The van der Waals surface area contributed by atoms with Gasteiger partial charge in [0.1, 0.15) is 11.9 Å². The Morgan fingerprint density at radius 2 is 2.32 bits per heavy atom. The molecule has 22 heavy (non-hydrogen) atoms. The predicted octanol–water partition coefficient (Wildman–Crippen LogP) is 0.344. The first kappa shape index (κ1) is 14.3. The maximum absolute atomic E-state index is 14.8. The number of nitrogens with two attached hydrogens (primary N) is 1. The number of anilines is 1. The molecular formula is C13H14FN5O3. The molecule has 0 amide bonds. The van der Waals surface area contributed by atoms with Crippen molar-refractivity contribution in [3.63, 3.8) is 0 Å². The van der Waals surface area contributed by atoms with Crippen LogP contribution in [0.3, 0.4) is 0 Å². The second kappa shape index (κ2) is 4.41.